The van der Waals surface area contributed by atoms with Gasteiger partial charge in [-0.05, 0) is 45.0 Å². The van der Waals surface area contributed by atoms with Crippen LogP contribution in [0.25, 0.3) is 0 Å². The van der Waals surface area contributed by atoms with Gasteiger partial charge in [0.1, 0.15) is 5.75 Å². The van der Waals surface area contributed by atoms with E-state index in [0.717, 1.165) is 28.6 Å². The van der Waals surface area contributed by atoms with E-state index >= 15 is 0 Å². The smallest absolute Gasteiger partial charge is 0.124 e. The monoisotopic (exact) mass is 322 g/mol. The fourth-order valence-electron chi connectivity index (χ4n) is 2.09. The van der Waals surface area contributed by atoms with Crippen LogP contribution in [-0.2, 0) is 0 Å². The number of halogens is 1. The Morgan fingerprint density at radius 1 is 1.53 bits per heavy atom. The van der Waals surface area contributed by atoms with Gasteiger partial charge >= 0.3 is 0 Å². The number of benzene rings is 1. The summed E-state index contributed by atoms with van der Waals surface area (Å²) in [6, 6.07) is 8.57. The Morgan fingerprint density at radius 3 is 2.84 bits per heavy atom. The van der Waals surface area contributed by atoms with Crippen LogP contribution in [-0.4, -0.2) is 13.7 Å². The molecule has 102 valence electrons. The maximum absolute atomic E-state index is 8.83. The molecule has 1 aromatic rings. The summed E-state index contributed by atoms with van der Waals surface area (Å²) in [6.45, 7) is 2.75. The number of ether oxygens (including phenoxy) is 1. The second-order valence-electron chi connectivity index (χ2n) is 5.32. The standard InChI is InChI=1S/C15H19BrN2O/c1-11(18-2)13-9-12(16)3-4-14(13)19-10-15(5-6-15)7-8-17/h3-4,9,11,18H,5-7,10H2,1-2H3. The van der Waals surface area contributed by atoms with Crippen LogP contribution in [0.2, 0.25) is 0 Å². The molecule has 0 bridgehead atoms. The lowest BCUT2D eigenvalue weighted by Crippen LogP contribution is -2.17. The van der Waals surface area contributed by atoms with Crippen molar-refractivity contribution >= 4 is 15.9 Å². The third-order valence-electron chi connectivity index (χ3n) is 3.82. The molecule has 3 nitrogen and oxygen atoms in total. The summed E-state index contributed by atoms with van der Waals surface area (Å²) in [5, 5.41) is 12.1. The number of nitriles is 1. The topological polar surface area (TPSA) is 45.0 Å². The van der Waals surface area contributed by atoms with E-state index < -0.39 is 0 Å². The van der Waals surface area contributed by atoms with Crippen molar-refractivity contribution in [2.24, 2.45) is 5.41 Å². The predicted molar refractivity (Wildman–Crippen MR) is 79.0 cm³/mol. The maximum atomic E-state index is 8.83. The normalized spacial score (nSPS) is 17.6. The SMILES string of the molecule is CNC(C)c1cc(Br)ccc1OCC1(CC#N)CC1. The highest BCUT2D eigenvalue weighted by molar-refractivity contribution is 9.10. The molecule has 0 aromatic heterocycles. The Labute approximate surface area is 123 Å². The van der Waals surface area contributed by atoms with Crippen molar-refractivity contribution in [1.29, 1.82) is 5.26 Å². The summed E-state index contributed by atoms with van der Waals surface area (Å²) in [5.41, 5.74) is 1.26. The minimum absolute atomic E-state index is 0.113. The third-order valence-corrected chi connectivity index (χ3v) is 4.31. The van der Waals surface area contributed by atoms with Crippen LogP contribution in [0, 0.1) is 16.7 Å². The van der Waals surface area contributed by atoms with Crippen LogP contribution in [0.1, 0.15) is 37.8 Å². The van der Waals surface area contributed by atoms with Crippen molar-refractivity contribution in [1.82, 2.24) is 5.32 Å². The van der Waals surface area contributed by atoms with E-state index in [1.807, 2.05) is 19.2 Å². The molecule has 0 saturated heterocycles. The molecule has 1 fully saturated rings. The van der Waals surface area contributed by atoms with Crippen molar-refractivity contribution in [2.75, 3.05) is 13.7 Å². The van der Waals surface area contributed by atoms with Gasteiger partial charge in [-0.1, -0.05) is 15.9 Å². The lowest BCUT2D eigenvalue weighted by Gasteiger charge is -2.19. The second kappa shape index (κ2) is 5.94. The van der Waals surface area contributed by atoms with Crippen LogP contribution in [0.3, 0.4) is 0 Å². The van der Waals surface area contributed by atoms with E-state index in [4.69, 9.17) is 10.00 Å². The first-order chi connectivity index (χ1) is 9.10. The molecule has 0 amide bonds. The van der Waals surface area contributed by atoms with Crippen molar-refractivity contribution < 1.29 is 4.74 Å². The quantitative estimate of drug-likeness (QED) is 0.866. The van der Waals surface area contributed by atoms with Gasteiger partial charge in [0.15, 0.2) is 0 Å². The average Bonchev–Trinajstić information content (AvgIpc) is 3.17. The summed E-state index contributed by atoms with van der Waals surface area (Å²) in [7, 11) is 1.94. The first-order valence-electron chi connectivity index (χ1n) is 6.57. The van der Waals surface area contributed by atoms with Crippen molar-refractivity contribution in [3.63, 3.8) is 0 Å². The van der Waals surface area contributed by atoms with Crippen LogP contribution in [0.4, 0.5) is 0 Å². The number of hydrogen-bond donors (Lipinski definition) is 1. The largest absolute Gasteiger partial charge is 0.493 e. The zero-order valence-corrected chi connectivity index (χ0v) is 13.0. The molecular formula is C15H19BrN2O. The van der Waals surface area contributed by atoms with Crippen molar-refractivity contribution in [2.45, 2.75) is 32.2 Å². The first kappa shape index (κ1) is 14.4. The number of nitrogens with zero attached hydrogens (tertiary/aromatic N) is 1. The molecule has 2 rings (SSSR count). The molecule has 1 aliphatic carbocycles. The van der Waals surface area contributed by atoms with E-state index in [0.29, 0.717) is 13.0 Å². The van der Waals surface area contributed by atoms with Gasteiger partial charge in [0, 0.05) is 27.9 Å². The Morgan fingerprint density at radius 2 is 2.26 bits per heavy atom. The molecule has 1 saturated carbocycles. The Bertz CT molecular complexity index is 491. The molecule has 4 heteroatoms. The molecule has 0 heterocycles. The van der Waals surface area contributed by atoms with Crippen LogP contribution in [0.5, 0.6) is 5.75 Å². The van der Waals surface area contributed by atoms with Crippen LogP contribution < -0.4 is 10.1 Å². The molecule has 0 spiro atoms. The lowest BCUT2D eigenvalue weighted by molar-refractivity contribution is 0.233. The highest BCUT2D eigenvalue weighted by Gasteiger charge is 2.43. The van der Waals surface area contributed by atoms with E-state index in [1.54, 1.807) is 0 Å². The molecule has 1 aliphatic rings. The van der Waals surface area contributed by atoms with Gasteiger partial charge in [-0.25, -0.2) is 0 Å². The van der Waals surface area contributed by atoms with E-state index in [1.165, 1.54) is 0 Å². The molecule has 19 heavy (non-hydrogen) atoms. The Kier molecular flexibility index (Phi) is 4.49. The first-order valence-corrected chi connectivity index (χ1v) is 7.36. The highest BCUT2D eigenvalue weighted by atomic mass is 79.9. The number of nitrogens with one attached hydrogen (secondary N) is 1. The molecular weight excluding hydrogens is 304 g/mol. The van der Waals surface area contributed by atoms with Gasteiger partial charge < -0.3 is 10.1 Å². The van der Waals surface area contributed by atoms with E-state index in [9.17, 15) is 0 Å². The van der Waals surface area contributed by atoms with Crippen molar-refractivity contribution in [3.8, 4) is 11.8 Å². The average molecular weight is 323 g/mol. The maximum Gasteiger partial charge on any atom is 0.124 e. The molecule has 1 N–H and O–H groups in total. The zero-order valence-electron chi connectivity index (χ0n) is 11.4. The van der Waals surface area contributed by atoms with Crippen LogP contribution in [0.15, 0.2) is 22.7 Å². The second-order valence-corrected chi connectivity index (χ2v) is 6.23. The Hall–Kier alpha value is -1.05. The zero-order chi connectivity index (χ0) is 13.9. The molecule has 1 aromatic carbocycles. The molecule has 0 radical (unpaired) electrons. The molecule has 0 aliphatic heterocycles. The van der Waals surface area contributed by atoms with Crippen LogP contribution >= 0.6 is 15.9 Å². The van der Waals surface area contributed by atoms with E-state index in [-0.39, 0.29) is 11.5 Å². The van der Waals surface area contributed by atoms with Gasteiger partial charge in [0.25, 0.3) is 0 Å². The third kappa shape index (κ3) is 3.49. The Balaban J connectivity index is 2.10. The number of hydrogen-bond acceptors (Lipinski definition) is 3. The summed E-state index contributed by atoms with van der Waals surface area (Å²) in [4.78, 5) is 0. The predicted octanol–water partition coefficient (Wildman–Crippen LogP) is 3.80. The van der Waals surface area contributed by atoms with Gasteiger partial charge in [-0.3, -0.25) is 0 Å². The molecule has 1 unspecified atom stereocenters. The van der Waals surface area contributed by atoms with Gasteiger partial charge in [0.2, 0.25) is 0 Å². The lowest BCUT2D eigenvalue weighted by atomic mass is 10.0. The summed E-state index contributed by atoms with van der Waals surface area (Å²) < 4.78 is 7.03. The van der Waals surface area contributed by atoms with Gasteiger partial charge in [0.05, 0.1) is 12.7 Å². The summed E-state index contributed by atoms with van der Waals surface area (Å²) >= 11 is 3.50. The van der Waals surface area contributed by atoms with Gasteiger partial charge in [-0.15, -0.1) is 0 Å². The van der Waals surface area contributed by atoms with Gasteiger partial charge in [-0.2, -0.15) is 5.26 Å². The van der Waals surface area contributed by atoms with Crippen molar-refractivity contribution in [3.05, 3.63) is 28.2 Å². The van der Waals surface area contributed by atoms with E-state index in [2.05, 4.69) is 40.3 Å². The minimum Gasteiger partial charge on any atom is -0.493 e. The number of rotatable bonds is 6. The summed E-state index contributed by atoms with van der Waals surface area (Å²) in [5.74, 6) is 0.911. The fraction of sp³-hybridized carbons (Fsp3) is 0.533. The minimum atomic E-state index is 0.113. The fourth-order valence-corrected chi connectivity index (χ4v) is 2.47. The summed E-state index contributed by atoms with van der Waals surface area (Å²) in [6.07, 6.45) is 2.81. The highest BCUT2D eigenvalue weighted by Crippen LogP contribution is 2.49. The molecule has 1 atom stereocenters.